The second-order valence-electron chi connectivity index (χ2n) is 14.0. The molecule has 0 bridgehead atoms. The molecule has 1 rings (SSSR count). The molecule has 288 valence electrons. The largest absolute Gasteiger partial charge is 0.481 e. The van der Waals surface area contributed by atoms with Gasteiger partial charge in [-0.3, -0.25) is 38.4 Å². The fourth-order valence-electron chi connectivity index (χ4n) is 5.64. The van der Waals surface area contributed by atoms with Gasteiger partial charge in [-0.2, -0.15) is 0 Å². The molecule has 18 heteroatoms. The average molecular weight is 727 g/mol. The molecular formula is C33H54N6O12. The second-order valence-corrected chi connectivity index (χ2v) is 14.0. The summed E-state index contributed by atoms with van der Waals surface area (Å²) in [7, 11) is 0. The molecule has 51 heavy (non-hydrogen) atoms. The van der Waals surface area contributed by atoms with Crippen LogP contribution < -0.4 is 26.6 Å². The summed E-state index contributed by atoms with van der Waals surface area (Å²) in [5.74, 6) is -9.31. The zero-order chi connectivity index (χ0) is 39.2. The van der Waals surface area contributed by atoms with Gasteiger partial charge in [0, 0.05) is 19.9 Å². The van der Waals surface area contributed by atoms with Gasteiger partial charge >= 0.3 is 17.9 Å². The molecule has 18 nitrogen and oxygen atoms in total. The van der Waals surface area contributed by atoms with Crippen LogP contribution in [0.25, 0.3) is 0 Å². The maximum atomic E-state index is 13.9. The van der Waals surface area contributed by atoms with Crippen LogP contribution in [0.4, 0.5) is 0 Å². The van der Waals surface area contributed by atoms with Gasteiger partial charge in [0.15, 0.2) is 0 Å². The standard InChI is InChI=1S/C33H54N6O12/c1-16(2)13-21(36-28(45)20(10-11-25(41)42)35-30(47)22(15-26(43)44)34-19(7)40)29(46)37-23(14-17(3)4)32(49)39-12-8-9-24(39)31(48)38-27(18(5)6)33(50)51/h16-18,20-24,27H,8-15H2,1-7H3,(H,34,40)(H,35,47)(H,36,45)(H,37,46)(H,38,48)(H,41,42)(H,43,44)(H,50,51)/t20-,21-,22-,23-,24-,27-/m0/s1. The Morgan fingerprint density at radius 3 is 1.67 bits per heavy atom. The molecule has 6 atom stereocenters. The first-order valence-electron chi connectivity index (χ1n) is 17.1. The number of carboxylic acids is 3. The van der Waals surface area contributed by atoms with Gasteiger partial charge in [0.25, 0.3) is 0 Å². The average Bonchev–Trinajstić information content (AvgIpc) is 3.49. The van der Waals surface area contributed by atoms with Crippen molar-refractivity contribution in [3.8, 4) is 0 Å². The third kappa shape index (κ3) is 15.3. The van der Waals surface area contributed by atoms with Crippen LogP contribution in [0.1, 0.15) is 93.4 Å². The predicted octanol–water partition coefficient (Wildman–Crippen LogP) is -0.406. The van der Waals surface area contributed by atoms with Gasteiger partial charge in [-0.25, -0.2) is 4.79 Å². The molecule has 1 heterocycles. The first-order chi connectivity index (χ1) is 23.6. The zero-order valence-corrected chi connectivity index (χ0v) is 30.3. The molecule has 0 aromatic heterocycles. The van der Waals surface area contributed by atoms with E-state index in [-0.39, 0.29) is 37.6 Å². The summed E-state index contributed by atoms with van der Waals surface area (Å²) >= 11 is 0. The molecule has 1 aliphatic heterocycles. The Labute approximate surface area is 297 Å². The van der Waals surface area contributed by atoms with Crippen molar-refractivity contribution in [3.63, 3.8) is 0 Å². The van der Waals surface area contributed by atoms with E-state index in [4.69, 9.17) is 0 Å². The van der Waals surface area contributed by atoms with E-state index in [1.165, 1.54) is 4.90 Å². The monoisotopic (exact) mass is 726 g/mol. The summed E-state index contributed by atoms with van der Waals surface area (Å²) in [6, 6.07) is -7.65. The number of carboxylic acid groups (broad SMARTS) is 3. The van der Waals surface area contributed by atoms with E-state index in [0.29, 0.717) is 6.42 Å². The molecule has 1 aliphatic rings. The Morgan fingerprint density at radius 1 is 0.667 bits per heavy atom. The maximum absolute atomic E-state index is 13.9. The van der Waals surface area contributed by atoms with E-state index in [9.17, 15) is 58.5 Å². The summed E-state index contributed by atoms with van der Waals surface area (Å²) in [5, 5.41) is 40.2. The molecule has 0 radical (unpaired) electrons. The fraction of sp³-hybridized carbons (Fsp3) is 0.727. The molecule has 6 amide bonds. The Balaban J connectivity index is 3.30. The van der Waals surface area contributed by atoms with Crippen LogP contribution >= 0.6 is 0 Å². The third-order valence-electron chi connectivity index (χ3n) is 8.08. The number of carbonyl (C=O) groups excluding carboxylic acids is 6. The molecule has 8 N–H and O–H groups in total. The molecule has 0 aromatic carbocycles. The van der Waals surface area contributed by atoms with Gasteiger partial charge in [-0.05, 0) is 49.9 Å². The van der Waals surface area contributed by atoms with Crippen molar-refractivity contribution in [1.29, 1.82) is 0 Å². The van der Waals surface area contributed by atoms with Crippen molar-refractivity contribution in [3.05, 3.63) is 0 Å². The van der Waals surface area contributed by atoms with Crippen LogP contribution in [0.15, 0.2) is 0 Å². The lowest BCUT2D eigenvalue weighted by molar-refractivity contribution is -0.146. The quantitative estimate of drug-likeness (QED) is 0.0750. The van der Waals surface area contributed by atoms with Crippen molar-refractivity contribution >= 4 is 53.4 Å². The molecular weight excluding hydrogens is 672 g/mol. The summed E-state index contributed by atoms with van der Waals surface area (Å²) in [4.78, 5) is 114. The van der Waals surface area contributed by atoms with Crippen LogP contribution in [0.3, 0.4) is 0 Å². The summed E-state index contributed by atoms with van der Waals surface area (Å²) < 4.78 is 0. The van der Waals surface area contributed by atoms with Crippen molar-refractivity contribution in [2.24, 2.45) is 17.8 Å². The molecule has 0 spiro atoms. The van der Waals surface area contributed by atoms with Crippen LogP contribution in [0.5, 0.6) is 0 Å². The van der Waals surface area contributed by atoms with Crippen LogP contribution in [0.2, 0.25) is 0 Å². The van der Waals surface area contributed by atoms with Crippen molar-refractivity contribution in [1.82, 2.24) is 31.5 Å². The molecule has 1 fully saturated rings. The minimum absolute atomic E-state index is 0.0633. The minimum atomic E-state index is -1.57. The minimum Gasteiger partial charge on any atom is -0.481 e. The number of nitrogens with zero attached hydrogens (tertiary/aromatic N) is 1. The van der Waals surface area contributed by atoms with Crippen LogP contribution in [0, 0.1) is 17.8 Å². The molecule has 0 aromatic rings. The topological polar surface area (TPSA) is 278 Å². The maximum Gasteiger partial charge on any atom is 0.326 e. The van der Waals surface area contributed by atoms with Gasteiger partial charge in [-0.15, -0.1) is 0 Å². The van der Waals surface area contributed by atoms with E-state index in [2.05, 4.69) is 26.6 Å². The first kappa shape index (κ1) is 44.3. The predicted molar refractivity (Wildman–Crippen MR) is 181 cm³/mol. The van der Waals surface area contributed by atoms with Gasteiger partial charge in [0.2, 0.25) is 35.4 Å². The van der Waals surface area contributed by atoms with Gasteiger partial charge in [0.1, 0.15) is 36.3 Å². The van der Waals surface area contributed by atoms with E-state index in [0.717, 1.165) is 6.92 Å². The Bertz CT molecular complexity index is 1290. The smallest absolute Gasteiger partial charge is 0.326 e. The zero-order valence-electron chi connectivity index (χ0n) is 30.3. The van der Waals surface area contributed by atoms with Gasteiger partial charge in [0.05, 0.1) is 6.42 Å². The third-order valence-corrected chi connectivity index (χ3v) is 8.08. The van der Waals surface area contributed by atoms with Gasteiger partial charge < -0.3 is 46.8 Å². The number of nitrogens with one attached hydrogen (secondary N) is 5. The number of amides is 6. The lowest BCUT2D eigenvalue weighted by atomic mass is 9.99. The highest BCUT2D eigenvalue weighted by atomic mass is 16.4. The first-order valence-corrected chi connectivity index (χ1v) is 17.1. The van der Waals surface area contributed by atoms with Crippen molar-refractivity contribution in [2.45, 2.75) is 130 Å². The number of hydrogen-bond acceptors (Lipinski definition) is 9. The highest BCUT2D eigenvalue weighted by Gasteiger charge is 2.40. The SMILES string of the molecule is CC(=O)N[C@@H](CC(=O)O)C(=O)N[C@@H](CCC(=O)O)C(=O)N[C@@H](CC(C)C)C(=O)N[C@@H](CC(C)C)C(=O)N1CCC[C@H]1C(=O)N[C@H](C(=O)O)C(C)C. The Kier molecular flexibility index (Phi) is 18.0. The second kappa shape index (κ2) is 20.8. The number of hydrogen-bond donors (Lipinski definition) is 8. The number of rotatable bonds is 21. The molecule has 0 unspecified atom stereocenters. The van der Waals surface area contributed by atoms with Gasteiger partial charge in [-0.1, -0.05) is 41.5 Å². The molecule has 0 saturated carbocycles. The van der Waals surface area contributed by atoms with Crippen LogP contribution in [-0.4, -0.2) is 116 Å². The summed E-state index contributed by atoms with van der Waals surface area (Å²) in [6.07, 6.45) is -0.857. The lowest BCUT2D eigenvalue weighted by Crippen LogP contribution is -2.60. The van der Waals surface area contributed by atoms with Crippen molar-refractivity contribution < 1.29 is 58.5 Å². The number of likely N-dealkylation sites (tertiary alicyclic amines) is 1. The summed E-state index contributed by atoms with van der Waals surface area (Å²) in [5.41, 5.74) is 0. The van der Waals surface area contributed by atoms with Crippen molar-refractivity contribution in [2.75, 3.05) is 6.54 Å². The van der Waals surface area contributed by atoms with E-state index < -0.39 is 115 Å². The normalized spacial score (nSPS) is 17.1. The Hall–Kier alpha value is -4.77. The highest BCUT2D eigenvalue weighted by Crippen LogP contribution is 2.21. The Morgan fingerprint density at radius 2 is 1.18 bits per heavy atom. The van der Waals surface area contributed by atoms with Crippen LogP contribution in [-0.2, 0) is 43.2 Å². The molecule has 0 aliphatic carbocycles. The fourth-order valence-corrected chi connectivity index (χ4v) is 5.64. The number of carbonyl (C=O) groups is 9. The lowest BCUT2D eigenvalue weighted by Gasteiger charge is -2.32. The summed E-state index contributed by atoms with van der Waals surface area (Å²) in [6.45, 7) is 11.7. The van der Waals surface area contributed by atoms with E-state index in [1.54, 1.807) is 27.7 Å². The van der Waals surface area contributed by atoms with E-state index in [1.807, 2.05) is 13.8 Å². The van der Waals surface area contributed by atoms with E-state index >= 15 is 0 Å². The highest BCUT2D eigenvalue weighted by molar-refractivity contribution is 5.97. The molecule has 1 saturated heterocycles. The number of aliphatic carboxylic acids is 3.